The van der Waals surface area contributed by atoms with Gasteiger partial charge in [-0.2, -0.15) is 0 Å². The van der Waals surface area contributed by atoms with Crippen molar-refractivity contribution in [2.24, 2.45) is 5.92 Å². The molecule has 3 rings (SSSR count). The molecule has 6 nitrogen and oxygen atoms in total. The Labute approximate surface area is 193 Å². The first-order valence-electron chi connectivity index (χ1n) is 10.5. The topological polar surface area (TPSA) is 73.3 Å². The largest absolute Gasteiger partial charge is 0.497 e. The highest BCUT2D eigenvalue weighted by Crippen LogP contribution is 2.32. The Morgan fingerprint density at radius 3 is 2.53 bits per heavy atom. The highest BCUT2D eigenvalue weighted by atomic mass is 32.2. The van der Waals surface area contributed by atoms with Gasteiger partial charge in [0.1, 0.15) is 16.5 Å². The van der Waals surface area contributed by atoms with Gasteiger partial charge in [-0.15, -0.1) is 11.8 Å². The SMILES string of the molecule is COc1ccc(CSc2nc(CCC(C)C)ccc2C(=O)Nc2ccncc2)c(OC)c1. The second kappa shape index (κ2) is 11.5. The van der Waals surface area contributed by atoms with E-state index in [1.807, 2.05) is 30.3 Å². The lowest BCUT2D eigenvalue weighted by atomic mass is 10.1. The summed E-state index contributed by atoms with van der Waals surface area (Å²) in [7, 11) is 3.27. The molecule has 2 aromatic heterocycles. The molecule has 0 radical (unpaired) electrons. The summed E-state index contributed by atoms with van der Waals surface area (Å²) in [6.45, 7) is 4.39. The third-order valence-corrected chi connectivity index (χ3v) is 5.98. The van der Waals surface area contributed by atoms with Gasteiger partial charge in [0.15, 0.2) is 0 Å². The standard InChI is InChI=1S/C25H29N3O3S/c1-17(2)5-7-19-8-10-22(24(29)27-20-11-13-26-14-12-20)25(28-19)32-16-18-6-9-21(30-3)15-23(18)31-4/h6,8-15,17H,5,7,16H2,1-4H3,(H,26,27,29). The maximum Gasteiger partial charge on any atom is 0.258 e. The summed E-state index contributed by atoms with van der Waals surface area (Å²) < 4.78 is 10.8. The van der Waals surface area contributed by atoms with Crippen LogP contribution in [0.15, 0.2) is 59.9 Å². The number of thioether (sulfide) groups is 1. The molecular formula is C25H29N3O3S. The molecule has 1 amide bonds. The van der Waals surface area contributed by atoms with Crippen molar-refractivity contribution in [1.29, 1.82) is 0 Å². The Hall–Kier alpha value is -3.06. The fraction of sp³-hybridized carbons (Fsp3) is 0.320. The maximum atomic E-state index is 13.0. The second-order valence-electron chi connectivity index (χ2n) is 7.74. The van der Waals surface area contributed by atoms with Crippen molar-refractivity contribution in [2.75, 3.05) is 19.5 Å². The van der Waals surface area contributed by atoms with Gasteiger partial charge in [-0.05, 0) is 49.1 Å². The van der Waals surface area contributed by atoms with Gasteiger partial charge in [0, 0.05) is 41.2 Å². The molecule has 3 aromatic rings. The van der Waals surface area contributed by atoms with Crippen LogP contribution in [-0.2, 0) is 12.2 Å². The van der Waals surface area contributed by atoms with E-state index in [0.29, 0.717) is 27.9 Å². The summed E-state index contributed by atoms with van der Waals surface area (Å²) in [5, 5.41) is 3.63. The summed E-state index contributed by atoms with van der Waals surface area (Å²) in [5.74, 6) is 2.50. The smallest absolute Gasteiger partial charge is 0.258 e. The van der Waals surface area contributed by atoms with Crippen molar-refractivity contribution in [1.82, 2.24) is 9.97 Å². The molecule has 1 aromatic carbocycles. The molecule has 7 heteroatoms. The van der Waals surface area contributed by atoms with E-state index in [1.165, 1.54) is 11.8 Å². The normalized spacial score (nSPS) is 10.8. The van der Waals surface area contributed by atoms with Gasteiger partial charge >= 0.3 is 0 Å². The summed E-state index contributed by atoms with van der Waals surface area (Å²) in [6.07, 6.45) is 5.22. The summed E-state index contributed by atoms with van der Waals surface area (Å²) in [4.78, 5) is 21.8. The lowest BCUT2D eigenvalue weighted by Gasteiger charge is -2.13. The van der Waals surface area contributed by atoms with Crippen LogP contribution in [0.2, 0.25) is 0 Å². The number of rotatable bonds is 10. The van der Waals surface area contributed by atoms with Crippen LogP contribution in [0.4, 0.5) is 5.69 Å². The van der Waals surface area contributed by atoms with Gasteiger partial charge < -0.3 is 14.8 Å². The number of methoxy groups -OCH3 is 2. The van der Waals surface area contributed by atoms with E-state index in [-0.39, 0.29) is 5.91 Å². The van der Waals surface area contributed by atoms with Gasteiger partial charge in [0.05, 0.1) is 19.8 Å². The van der Waals surface area contributed by atoms with Crippen molar-refractivity contribution >= 4 is 23.4 Å². The summed E-state index contributed by atoms with van der Waals surface area (Å²) in [5.41, 5.74) is 3.24. The third kappa shape index (κ3) is 6.47. The lowest BCUT2D eigenvalue weighted by Crippen LogP contribution is -2.14. The number of carbonyl (C=O) groups excluding carboxylic acids is 1. The molecule has 168 valence electrons. The highest BCUT2D eigenvalue weighted by molar-refractivity contribution is 7.98. The van der Waals surface area contributed by atoms with E-state index in [2.05, 4.69) is 24.1 Å². The first-order chi connectivity index (χ1) is 15.5. The Morgan fingerprint density at radius 1 is 1.06 bits per heavy atom. The number of aromatic nitrogens is 2. The number of pyridine rings is 2. The van der Waals surface area contributed by atoms with Gasteiger partial charge in [0.25, 0.3) is 5.91 Å². The van der Waals surface area contributed by atoms with E-state index in [0.717, 1.165) is 35.6 Å². The molecule has 1 N–H and O–H groups in total. The first-order valence-corrected chi connectivity index (χ1v) is 11.5. The number of hydrogen-bond acceptors (Lipinski definition) is 6. The predicted octanol–water partition coefficient (Wildman–Crippen LogP) is 5.63. The van der Waals surface area contributed by atoms with E-state index in [4.69, 9.17) is 14.5 Å². The molecule has 0 aliphatic carbocycles. The van der Waals surface area contributed by atoms with Crippen LogP contribution >= 0.6 is 11.8 Å². The molecule has 0 saturated carbocycles. The number of aryl methyl sites for hydroxylation is 1. The summed E-state index contributed by atoms with van der Waals surface area (Å²) in [6, 6.07) is 13.1. The molecule has 0 fully saturated rings. The minimum Gasteiger partial charge on any atom is -0.497 e. The number of ether oxygens (including phenoxy) is 2. The van der Waals surface area contributed by atoms with Crippen molar-refractivity contribution in [3.8, 4) is 11.5 Å². The summed E-state index contributed by atoms with van der Waals surface area (Å²) >= 11 is 1.53. The maximum absolute atomic E-state index is 13.0. The van der Waals surface area contributed by atoms with Crippen LogP contribution in [0.3, 0.4) is 0 Å². The van der Waals surface area contributed by atoms with Crippen molar-refractivity contribution in [2.45, 2.75) is 37.5 Å². The lowest BCUT2D eigenvalue weighted by molar-refractivity contribution is 0.102. The molecule has 0 aliphatic rings. The molecule has 0 aliphatic heterocycles. The van der Waals surface area contributed by atoms with E-state index >= 15 is 0 Å². The molecule has 0 saturated heterocycles. The zero-order valence-corrected chi connectivity index (χ0v) is 19.7. The average molecular weight is 452 g/mol. The fourth-order valence-corrected chi connectivity index (χ4v) is 4.12. The number of nitrogens with zero attached hydrogens (tertiary/aromatic N) is 2. The monoisotopic (exact) mass is 451 g/mol. The minimum absolute atomic E-state index is 0.191. The number of benzene rings is 1. The van der Waals surface area contributed by atoms with Gasteiger partial charge in [0.2, 0.25) is 0 Å². The fourth-order valence-electron chi connectivity index (χ4n) is 3.09. The first kappa shape index (κ1) is 23.6. The number of anilines is 1. The predicted molar refractivity (Wildman–Crippen MR) is 129 cm³/mol. The van der Waals surface area contributed by atoms with Gasteiger partial charge in [-0.3, -0.25) is 9.78 Å². The molecule has 2 heterocycles. The molecule has 0 bridgehead atoms. The van der Waals surface area contributed by atoms with E-state index in [9.17, 15) is 4.79 Å². The highest BCUT2D eigenvalue weighted by Gasteiger charge is 2.16. The Kier molecular flexibility index (Phi) is 8.50. The number of amides is 1. The molecule has 32 heavy (non-hydrogen) atoms. The average Bonchev–Trinajstić information content (AvgIpc) is 2.81. The molecule has 0 atom stereocenters. The van der Waals surface area contributed by atoms with Crippen LogP contribution < -0.4 is 14.8 Å². The number of carbonyl (C=O) groups is 1. The zero-order valence-electron chi connectivity index (χ0n) is 18.9. The van der Waals surface area contributed by atoms with Crippen LogP contribution in [0, 0.1) is 5.92 Å². The number of hydrogen-bond donors (Lipinski definition) is 1. The zero-order chi connectivity index (χ0) is 22.9. The molecule has 0 unspecified atom stereocenters. The Balaban J connectivity index is 1.85. The van der Waals surface area contributed by atoms with Crippen molar-refractivity contribution in [3.05, 3.63) is 71.7 Å². The van der Waals surface area contributed by atoms with Crippen LogP contribution in [0.25, 0.3) is 0 Å². The van der Waals surface area contributed by atoms with E-state index in [1.54, 1.807) is 38.7 Å². The van der Waals surface area contributed by atoms with Crippen LogP contribution in [0.5, 0.6) is 11.5 Å². The van der Waals surface area contributed by atoms with Gasteiger partial charge in [-0.25, -0.2) is 4.98 Å². The molecular weight excluding hydrogens is 422 g/mol. The van der Waals surface area contributed by atoms with Crippen molar-refractivity contribution < 1.29 is 14.3 Å². The minimum atomic E-state index is -0.191. The Bertz CT molecular complexity index is 1040. The quantitative estimate of drug-likeness (QED) is 0.403. The second-order valence-corrected chi connectivity index (χ2v) is 8.71. The molecule has 0 spiro atoms. The third-order valence-electron chi connectivity index (χ3n) is 4.94. The van der Waals surface area contributed by atoms with Crippen LogP contribution in [0.1, 0.15) is 41.9 Å². The van der Waals surface area contributed by atoms with Gasteiger partial charge in [-0.1, -0.05) is 19.9 Å². The number of nitrogens with one attached hydrogen (secondary N) is 1. The Morgan fingerprint density at radius 2 is 1.84 bits per heavy atom. The van der Waals surface area contributed by atoms with Crippen molar-refractivity contribution in [3.63, 3.8) is 0 Å². The van der Waals surface area contributed by atoms with E-state index < -0.39 is 0 Å². The van der Waals surface area contributed by atoms with Crippen LogP contribution in [-0.4, -0.2) is 30.1 Å².